The molecule has 1 aromatic carbocycles. The molecule has 0 bridgehead atoms. The molecule has 1 aliphatic heterocycles. The smallest absolute Gasteiger partial charge is 0.319 e. The molecule has 1 fully saturated rings. The van der Waals surface area contributed by atoms with Gasteiger partial charge in [0.05, 0.1) is 17.9 Å². The van der Waals surface area contributed by atoms with Gasteiger partial charge in [-0.25, -0.2) is 13.2 Å². The predicted octanol–water partition coefficient (Wildman–Crippen LogP) is 1.17. The Bertz CT molecular complexity index is 828. The van der Waals surface area contributed by atoms with E-state index in [2.05, 4.69) is 10.6 Å². The van der Waals surface area contributed by atoms with Gasteiger partial charge in [0, 0.05) is 24.8 Å². The number of carbonyl (C=O) groups excluding carboxylic acids is 3. The Balaban J connectivity index is 1.74. The Kier molecular flexibility index (Phi) is 8.00. The first kappa shape index (κ1) is 22.7. The predicted molar refractivity (Wildman–Crippen MR) is 108 cm³/mol. The molecule has 29 heavy (non-hydrogen) atoms. The van der Waals surface area contributed by atoms with Crippen molar-refractivity contribution in [1.29, 1.82) is 0 Å². The van der Waals surface area contributed by atoms with Gasteiger partial charge >= 0.3 is 12.0 Å². The highest BCUT2D eigenvalue weighted by atomic mass is 32.2. The summed E-state index contributed by atoms with van der Waals surface area (Å²) in [6.07, 6.45) is -0.726. The lowest BCUT2D eigenvalue weighted by molar-refractivity contribution is -0.159. The van der Waals surface area contributed by atoms with Crippen LogP contribution in [0.2, 0.25) is 0 Å². The van der Waals surface area contributed by atoms with E-state index in [1.807, 2.05) is 6.07 Å². The fourth-order valence-corrected chi connectivity index (χ4v) is 4.86. The van der Waals surface area contributed by atoms with Crippen molar-refractivity contribution in [2.45, 2.75) is 38.8 Å². The van der Waals surface area contributed by atoms with Gasteiger partial charge in [-0.1, -0.05) is 18.2 Å². The molecule has 2 atom stereocenters. The molecule has 0 radical (unpaired) electrons. The maximum absolute atomic E-state index is 12.6. The van der Waals surface area contributed by atoms with Gasteiger partial charge in [-0.05, 0) is 32.4 Å². The highest BCUT2D eigenvalue weighted by Gasteiger charge is 2.36. The molecule has 1 saturated heterocycles. The van der Waals surface area contributed by atoms with Gasteiger partial charge in [0.2, 0.25) is 0 Å². The summed E-state index contributed by atoms with van der Waals surface area (Å²) in [6.45, 7) is 3.60. The molecule has 1 aliphatic rings. The van der Waals surface area contributed by atoms with Crippen LogP contribution in [0.1, 0.15) is 26.7 Å². The van der Waals surface area contributed by atoms with Crippen molar-refractivity contribution in [2.75, 3.05) is 29.9 Å². The molecule has 0 spiro atoms. The van der Waals surface area contributed by atoms with Crippen molar-refractivity contribution in [2.24, 2.45) is 0 Å². The second-order valence-electron chi connectivity index (χ2n) is 6.81. The van der Waals surface area contributed by atoms with Gasteiger partial charge in [0.1, 0.15) is 0 Å². The average molecular weight is 426 g/mol. The van der Waals surface area contributed by atoms with E-state index in [0.717, 1.165) is 0 Å². The molecule has 10 heteroatoms. The van der Waals surface area contributed by atoms with Gasteiger partial charge in [-0.3, -0.25) is 9.59 Å². The number of nitrogens with zero attached hydrogens (tertiary/aromatic N) is 1. The third kappa shape index (κ3) is 7.04. The number of urea groups is 1. The van der Waals surface area contributed by atoms with E-state index in [1.54, 1.807) is 31.2 Å². The Morgan fingerprint density at radius 3 is 2.52 bits per heavy atom. The zero-order valence-corrected chi connectivity index (χ0v) is 17.4. The summed E-state index contributed by atoms with van der Waals surface area (Å²) in [5.41, 5.74) is 0.625. The number of anilines is 1. The van der Waals surface area contributed by atoms with Crippen LogP contribution in [-0.4, -0.2) is 68.0 Å². The third-order valence-corrected chi connectivity index (χ3v) is 6.33. The van der Waals surface area contributed by atoms with E-state index < -0.39 is 33.8 Å². The van der Waals surface area contributed by atoms with E-state index in [-0.39, 0.29) is 30.5 Å². The van der Waals surface area contributed by atoms with Gasteiger partial charge in [-0.15, -0.1) is 0 Å². The number of sulfone groups is 1. The average Bonchev–Trinajstić information content (AvgIpc) is 3.02. The number of benzene rings is 1. The number of hydrogen-bond donors (Lipinski definition) is 2. The molecule has 0 unspecified atom stereocenters. The molecular formula is C19H27N3O6S. The molecule has 0 aliphatic carbocycles. The van der Waals surface area contributed by atoms with E-state index in [9.17, 15) is 22.8 Å². The molecule has 9 nitrogen and oxygen atoms in total. The summed E-state index contributed by atoms with van der Waals surface area (Å²) in [5.74, 6) is -1.04. The number of carbonyl (C=O) groups is 3. The van der Waals surface area contributed by atoms with Gasteiger partial charge < -0.3 is 20.3 Å². The number of esters is 1. The van der Waals surface area contributed by atoms with E-state index in [1.165, 1.54) is 11.8 Å². The topological polar surface area (TPSA) is 122 Å². The summed E-state index contributed by atoms with van der Waals surface area (Å²) >= 11 is 0. The van der Waals surface area contributed by atoms with E-state index in [0.29, 0.717) is 18.7 Å². The van der Waals surface area contributed by atoms with E-state index >= 15 is 0 Å². The molecule has 0 saturated carbocycles. The standard InChI is InChI=1S/C19H27N3O6S/c1-3-22(16-10-12-29(26,27)13-16)18(24)14(2)28-17(23)9-11-20-19(25)21-15-7-5-4-6-8-15/h4-8,14,16H,3,9-13H2,1-2H3,(H2,20,21,25)/t14-,16+/m1/s1. The van der Waals surface area contributed by atoms with Crippen molar-refractivity contribution in [3.05, 3.63) is 30.3 Å². The first-order valence-electron chi connectivity index (χ1n) is 9.52. The molecule has 2 N–H and O–H groups in total. The first-order valence-corrected chi connectivity index (χ1v) is 11.3. The molecule has 1 aromatic rings. The lowest BCUT2D eigenvalue weighted by atomic mass is 10.2. The number of ether oxygens (including phenoxy) is 1. The molecule has 0 aromatic heterocycles. The summed E-state index contributed by atoms with van der Waals surface area (Å²) in [4.78, 5) is 37.8. The lowest BCUT2D eigenvalue weighted by Gasteiger charge is -2.29. The zero-order valence-electron chi connectivity index (χ0n) is 16.6. The Hall–Kier alpha value is -2.62. The van der Waals surface area contributed by atoms with Crippen LogP contribution in [-0.2, 0) is 24.2 Å². The minimum absolute atomic E-state index is 0.0524. The van der Waals surface area contributed by atoms with Crippen molar-refractivity contribution >= 4 is 33.4 Å². The van der Waals surface area contributed by atoms with Crippen molar-refractivity contribution < 1.29 is 27.5 Å². The number of likely N-dealkylation sites (N-methyl/N-ethyl adjacent to an activating group) is 1. The SMILES string of the molecule is CCN(C(=O)[C@@H](C)OC(=O)CCNC(=O)Nc1ccccc1)[C@H]1CCS(=O)(=O)C1. The largest absolute Gasteiger partial charge is 0.452 e. The number of nitrogens with one attached hydrogen (secondary N) is 2. The number of para-hydroxylation sites is 1. The quantitative estimate of drug-likeness (QED) is 0.603. The highest BCUT2D eigenvalue weighted by Crippen LogP contribution is 2.19. The maximum Gasteiger partial charge on any atom is 0.319 e. The van der Waals surface area contributed by atoms with Gasteiger partial charge in [0.15, 0.2) is 15.9 Å². The second kappa shape index (κ2) is 10.2. The highest BCUT2D eigenvalue weighted by molar-refractivity contribution is 7.91. The molecular weight excluding hydrogens is 398 g/mol. The fraction of sp³-hybridized carbons (Fsp3) is 0.526. The van der Waals surface area contributed by atoms with Crippen molar-refractivity contribution in [1.82, 2.24) is 10.2 Å². The zero-order chi connectivity index (χ0) is 21.4. The Morgan fingerprint density at radius 1 is 1.24 bits per heavy atom. The van der Waals surface area contributed by atoms with Crippen LogP contribution < -0.4 is 10.6 Å². The monoisotopic (exact) mass is 425 g/mol. The van der Waals surface area contributed by atoms with Crippen LogP contribution in [0.3, 0.4) is 0 Å². The van der Waals surface area contributed by atoms with Gasteiger partial charge in [0.25, 0.3) is 5.91 Å². The molecule has 160 valence electrons. The molecule has 2 rings (SSSR count). The maximum atomic E-state index is 12.6. The Labute approximate surface area is 170 Å². The van der Waals surface area contributed by atoms with Crippen molar-refractivity contribution in [3.8, 4) is 0 Å². The fourth-order valence-electron chi connectivity index (χ4n) is 3.13. The Morgan fingerprint density at radius 2 is 1.93 bits per heavy atom. The normalized spacial score (nSPS) is 18.5. The second-order valence-corrected chi connectivity index (χ2v) is 9.04. The minimum atomic E-state index is -3.12. The van der Waals surface area contributed by atoms with Crippen LogP contribution in [0.4, 0.5) is 10.5 Å². The van der Waals surface area contributed by atoms with E-state index in [4.69, 9.17) is 4.74 Å². The summed E-state index contributed by atoms with van der Waals surface area (Å²) in [6, 6.07) is 8.02. The van der Waals surface area contributed by atoms with Crippen LogP contribution in [0.5, 0.6) is 0 Å². The lowest BCUT2D eigenvalue weighted by Crippen LogP contribution is -2.46. The number of hydrogen-bond acceptors (Lipinski definition) is 6. The summed E-state index contributed by atoms with van der Waals surface area (Å²) < 4.78 is 28.5. The van der Waals surface area contributed by atoms with Crippen LogP contribution in [0, 0.1) is 0 Å². The minimum Gasteiger partial charge on any atom is -0.452 e. The third-order valence-electron chi connectivity index (χ3n) is 4.58. The van der Waals surface area contributed by atoms with Crippen molar-refractivity contribution in [3.63, 3.8) is 0 Å². The van der Waals surface area contributed by atoms with Crippen LogP contribution in [0.25, 0.3) is 0 Å². The molecule has 1 heterocycles. The van der Waals surface area contributed by atoms with Crippen LogP contribution in [0.15, 0.2) is 30.3 Å². The van der Waals surface area contributed by atoms with Gasteiger partial charge in [-0.2, -0.15) is 0 Å². The first-order chi connectivity index (χ1) is 13.7. The summed E-state index contributed by atoms with van der Waals surface area (Å²) in [5, 5.41) is 5.16. The molecule has 3 amide bonds. The summed E-state index contributed by atoms with van der Waals surface area (Å²) in [7, 11) is -3.12. The number of rotatable bonds is 8. The number of amides is 3. The van der Waals surface area contributed by atoms with Crippen LogP contribution >= 0.6 is 0 Å².